The van der Waals surface area contributed by atoms with Crippen LogP contribution in [0.4, 0.5) is 0 Å². The van der Waals surface area contributed by atoms with Crippen LogP contribution in [-0.4, -0.2) is 37.3 Å². The molecule has 5 nitrogen and oxygen atoms in total. The van der Waals surface area contributed by atoms with Crippen molar-refractivity contribution in [3.8, 4) is 0 Å². The van der Waals surface area contributed by atoms with E-state index in [-0.39, 0.29) is 5.09 Å². The summed E-state index contributed by atoms with van der Waals surface area (Å²) in [5.41, 5.74) is 3.92. The Balaban J connectivity index is 1.51. The molecule has 2 fully saturated rings. The second-order valence-corrected chi connectivity index (χ2v) is 9.75. The molecule has 1 unspecified atom stereocenters. The summed E-state index contributed by atoms with van der Waals surface area (Å²) in [4.78, 5) is 2.40. The summed E-state index contributed by atoms with van der Waals surface area (Å²) >= 11 is 0. The van der Waals surface area contributed by atoms with Crippen LogP contribution in [0.5, 0.6) is 0 Å². The topological polar surface area (TPSA) is 53.8 Å². The molecular weight excluding hydrogens is 360 g/mol. The predicted molar refractivity (Wildman–Crippen MR) is 105 cm³/mol. The van der Waals surface area contributed by atoms with Crippen molar-refractivity contribution in [3.63, 3.8) is 0 Å². The Morgan fingerprint density at radius 3 is 2.41 bits per heavy atom. The van der Waals surface area contributed by atoms with Gasteiger partial charge in [-0.2, -0.15) is 4.31 Å². The Morgan fingerprint density at radius 1 is 1.00 bits per heavy atom. The highest BCUT2D eigenvalue weighted by molar-refractivity contribution is 7.89. The zero-order valence-corrected chi connectivity index (χ0v) is 17.0. The molecule has 4 rings (SSSR count). The summed E-state index contributed by atoms with van der Waals surface area (Å²) in [6.07, 6.45) is 4.14. The molecule has 0 saturated carbocycles. The van der Waals surface area contributed by atoms with E-state index in [1.807, 2.05) is 6.07 Å². The summed E-state index contributed by atoms with van der Waals surface area (Å²) in [6.45, 7) is 7.12. The number of aryl methyl sites for hydroxylation is 2. The fourth-order valence-electron chi connectivity index (χ4n) is 4.43. The molecule has 1 aromatic heterocycles. The van der Waals surface area contributed by atoms with Gasteiger partial charge in [-0.15, -0.1) is 0 Å². The molecule has 0 N–H and O–H groups in total. The minimum atomic E-state index is -3.48. The second kappa shape index (κ2) is 7.41. The minimum Gasteiger partial charge on any atom is -0.447 e. The first-order valence-electron chi connectivity index (χ1n) is 9.84. The Bertz CT molecular complexity index is 893. The first kappa shape index (κ1) is 18.7. The normalized spacial score (nSPS) is 21.9. The third-order valence-electron chi connectivity index (χ3n) is 5.65. The molecule has 1 aromatic carbocycles. The van der Waals surface area contributed by atoms with Crippen LogP contribution < -0.4 is 0 Å². The average molecular weight is 389 g/mol. The van der Waals surface area contributed by atoms with Crippen LogP contribution in [0.1, 0.15) is 54.2 Å². The van der Waals surface area contributed by atoms with E-state index >= 15 is 0 Å². The fraction of sp³-hybridized carbons (Fsp3) is 0.524. The van der Waals surface area contributed by atoms with Crippen molar-refractivity contribution in [1.82, 2.24) is 9.21 Å². The summed E-state index contributed by atoms with van der Waals surface area (Å²) in [6, 6.07) is 10.5. The van der Waals surface area contributed by atoms with Crippen LogP contribution in [0.25, 0.3) is 0 Å². The number of benzene rings is 1. The number of likely N-dealkylation sites (tertiary alicyclic amines) is 1. The predicted octanol–water partition coefficient (Wildman–Crippen LogP) is 4.02. The van der Waals surface area contributed by atoms with Crippen molar-refractivity contribution in [2.75, 3.05) is 19.6 Å². The molecule has 6 heteroatoms. The monoisotopic (exact) mass is 388 g/mol. The van der Waals surface area contributed by atoms with E-state index in [4.69, 9.17) is 4.42 Å². The minimum absolute atomic E-state index is 0.0848. The van der Waals surface area contributed by atoms with Gasteiger partial charge in [-0.1, -0.05) is 29.3 Å². The first-order chi connectivity index (χ1) is 12.9. The molecule has 0 radical (unpaired) electrons. The van der Waals surface area contributed by atoms with Crippen LogP contribution in [0.3, 0.4) is 0 Å². The SMILES string of the molecule is Cc1cc(C)cc(C2CCCN2Cc2ccc(S(=O)(=O)N3CCCC3)o2)c1. The molecule has 0 spiro atoms. The molecule has 1 atom stereocenters. The molecule has 2 saturated heterocycles. The maximum absolute atomic E-state index is 12.7. The van der Waals surface area contributed by atoms with Gasteiger partial charge in [0, 0.05) is 19.1 Å². The number of hydrogen-bond acceptors (Lipinski definition) is 4. The van der Waals surface area contributed by atoms with Crippen molar-refractivity contribution in [3.05, 3.63) is 52.8 Å². The smallest absolute Gasteiger partial charge is 0.276 e. The van der Waals surface area contributed by atoms with Crippen molar-refractivity contribution >= 4 is 10.0 Å². The number of hydrogen-bond donors (Lipinski definition) is 0. The standard InChI is InChI=1S/C21H28N2O3S/c1-16-12-17(2)14-18(13-16)20-6-5-9-22(20)15-19-7-8-21(26-19)27(24,25)23-10-3-4-11-23/h7-8,12-14,20H,3-6,9-11,15H2,1-2H3. The van der Waals surface area contributed by atoms with E-state index < -0.39 is 10.0 Å². The number of rotatable bonds is 5. The maximum atomic E-state index is 12.7. The van der Waals surface area contributed by atoms with E-state index in [2.05, 4.69) is 36.9 Å². The molecule has 0 amide bonds. The molecule has 3 heterocycles. The molecule has 2 aliphatic rings. The van der Waals surface area contributed by atoms with Gasteiger partial charge in [0.1, 0.15) is 5.76 Å². The highest BCUT2D eigenvalue weighted by atomic mass is 32.2. The fourth-order valence-corrected chi connectivity index (χ4v) is 5.88. The Labute approximate surface area is 162 Å². The highest BCUT2D eigenvalue weighted by Crippen LogP contribution is 2.34. The average Bonchev–Trinajstić information content (AvgIpc) is 3.36. The van der Waals surface area contributed by atoms with Gasteiger partial charge in [0.15, 0.2) is 0 Å². The van der Waals surface area contributed by atoms with Crippen LogP contribution in [0.2, 0.25) is 0 Å². The number of sulfonamides is 1. The van der Waals surface area contributed by atoms with Gasteiger partial charge in [-0.05, 0) is 63.8 Å². The first-order valence-corrected chi connectivity index (χ1v) is 11.3. The van der Waals surface area contributed by atoms with Gasteiger partial charge in [0.05, 0.1) is 6.54 Å². The lowest BCUT2D eigenvalue weighted by Gasteiger charge is -2.24. The Hall–Kier alpha value is -1.63. The lowest BCUT2D eigenvalue weighted by molar-refractivity contribution is 0.221. The van der Waals surface area contributed by atoms with Gasteiger partial charge in [-0.25, -0.2) is 8.42 Å². The van der Waals surface area contributed by atoms with Gasteiger partial charge >= 0.3 is 0 Å². The van der Waals surface area contributed by atoms with E-state index in [1.165, 1.54) is 21.0 Å². The van der Waals surface area contributed by atoms with Crippen LogP contribution in [0, 0.1) is 13.8 Å². The summed E-state index contributed by atoms with van der Waals surface area (Å²) in [7, 11) is -3.48. The quantitative estimate of drug-likeness (QED) is 0.776. The second-order valence-electron chi connectivity index (χ2n) is 7.88. The maximum Gasteiger partial charge on any atom is 0.276 e. The van der Waals surface area contributed by atoms with Gasteiger partial charge in [-0.3, -0.25) is 4.90 Å². The van der Waals surface area contributed by atoms with Crippen LogP contribution in [0.15, 0.2) is 39.8 Å². The van der Waals surface area contributed by atoms with Crippen molar-refractivity contribution < 1.29 is 12.8 Å². The third-order valence-corrected chi connectivity index (χ3v) is 7.42. The van der Waals surface area contributed by atoms with Crippen LogP contribution in [-0.2, 0) is 16.6 Å². The molecule has 0 bridgehead atoms. The van der Waals surface area contributed by atoms with Gasteiger partial charge in [0.25, 0.3) is 10.0 Å². The summed E-state index contributed by atoms with van der Waals surface area (Å²) in [5, 5.41) is 0.0848. The van der Waals surface area contributed by atoms with E-state index in [1.54, 1.807) is 6.07 Å². The van der Waals surface area contributed by atoms with Gasteiger partial charge in [0.2, 0.25) is 5.09 Å². The highest BCUT2D eigenvalue weighted by Gasteiger charge is 2.31. The van der Waals surface area contributed by atoms with Crippen molar-refractivity contribution in [1.29, 1.82) is 0 Å². The van der Waals surface area contributed by atoms with E-state index in [0.717, 1.165) is 38.0 Å². The Kier molecular flexibility index (Phi) is 5.14. The molecule has 2 aromatic rings. The zero-order chi connectivity index (χ0) is 19.0. The third kappa shape index (κ3) is 3.84. The lowest BCUT2D eigenvalue weighted by atomic mass is 9.99. The van der Waals surface area contributed by atoms with E-state index in [9.17, 15) is 8.42 Å². The largest absolute Gasteiger partial charge is 0.447 e. The molecule has 2 aliphatic heterocycles. The molecular formula is C21H28N2O3S. The summed E-state index contributed by atoms with van der Waals surface area (Å²) < 4.78 is 32.6. The number of nitrogens with zero attached hydrogens (tertiary/aromatic N) is 2. The molecule has 0 aliphatic carbocycles. The molecule has 27 heavy (non-hydrogen) atoms. The number of furan rings is 1. The molecule has 146 valence electrons. The van der Waals surface area contributed by atoms with Crippen molar-refractivity contribution in [2.45, 2.75) is 57.2 Å². The van der Waals surface area contributed by atoms with Crippen LogP contribution >= 0.6 is 0 Å². The van der Waals surface area contributed by atoms with Crippen molar-refractivity contribution in [2.24, 2.45) is 0 Å². The summed E-state index contributed by atoms with van der Waals surface area (Å²) in [5.74, 6) is 0.726. The van der Waals surface area contributed by atoms with Gasteiger partial charge < -0.3 is 4.42 Å². The lowest BCUT2D eigenvalue weighted by Crippen LogP contribution is -2.27. The zero-order valence-electron chi connectivity index (χ0n) is 16.1. The Morgan fingerprint density at radius 2 is 1.70 bits per heavy atom. The van der Waals surface area contributed by atoms with E-state index in [0.29, 0.717) is 25.7 Å².